The van der Waals surface area contributed by atoms with E-state index in [1.165, 1.54) is 11.1 Å². The fourth-order valence-electron chi connectivity index (χ4n) is 2.76. The van der Waals surface area contributed by atoms with E-state index in [0.717, 1.165) is 12.0 Å². The van der Waals surface area contributed by atoms with Gasteiger partial charge in [-0.25, -0.2) is 0 Å². The lowest BCUT2D eigenvalue weighted by atomic mass is 9.99. The van der Waals surface area contributed by atoms with E-state index in [1.807, 2.05) is 31.2 Å². The number of amides is 1. The molecule has 1 amide bonds. The Balaban J connectivity index is 1.76. The summed E-state index contributed by atoms with van der Waals surface area (Å²) in [5.41, 5.74) is 3.81. The second-order valence-corrected chi connectivity index (χ2v) is 5.62. The van der Waals surface area contributed by atoms with Crippen LogP contribution in [0.1, 0.15) is 27.9 Å². The number of nitrogens with zero attached hydrogens (tertiary/aromatic N) is 1. The second kappa shape index (κ2) is 6.06. The zero-order chi connectivity index (χ0) is 15.5. The van der Waals surface area contributed by atoms with Crippen molar-refractivity contribution in [2.24, 2.45) is 0 Å². The van der Waals surface area contributed by atoms with E-state index in [1.54, 1.807) is 17.0 Å². The highest BCUT2D eigenvalue weighted by Gasteiger charge is 2.21. The maximum atomic E-state index is 12.5. The highest BCUT2D eigenvalue weighted by atomic mass is 16.3. The van der Waals surface area contributed by atoms with Crippen molar-refractivity contribution < 1.29 is 9.90 Å². The predicted octanol–water partition coefficient (Wildman–Crippen LogP) is 3.63. The molecule has 0 unspecified atom stereocenters. The van der Waals surface area contributed by atoms with Gasteiger partial charge >= 0.3 is 0 Å². The summed E-state index contributed by atoms with van der Waals surface area (Å²) >= 11 is 0. The fraction of sp³-hybridized carbons (Fsp3) is 0.211. The van der Waals surface area contributed by atoms with E-state index in [-0.39, 0.29) is 11.7 Å². The summed E-state index contributed by atoms with van der Waals surface area (Å²) in [6, 6.07) is 15.4. The van der Waals surface area contributed by atoms with Crippen LogP contribution in [0.3, 0.4) is 0 Å². The van der Waals surface area contributed by atoms with Crippen molar-refractivity contribution in [3.8, 4) is 5.75 Å². The zero-order valence-corrected chi connectivity index (χ0v) is 12.6. The molecule has 0 saturated carbocycles. The Morgan fingerprint density at radius 1 is 1.14 bits per heavy atom. The van der Waals surface area contributed by atoms with Crippen LogP contribution in [-0.2, 0) is 0 Å². The Labute approximate surface area is 130 Å². The molecular formula is C19H19NO2. The average Bonchev–Trinajstić information content (AvgIpc) is 2.55. The largest absolute Gasteiger partial charge is 0.507 e. The lowest BCUT2D eigenvalue weighted by Gasteiger charge is -2.27. The molecule has 3 rings (SSSR count). The van der Waals surface area contributed by atoms with E-state index < -0.39 is 0 Å². The first-order valence-corrected chi connectivity index (χ1v) is 7.48. The molecule has 2 aromatic rings. The summed E-state index contributed by atoms with van der Waals surface area (Å²) < 4.78 is 0. The molecular weight excluding hydrogens is 274 g/mol. The van der Waals surface area contributed by atoms with Gasteiger partial charge in [-0.05, 0) is 42.2 Å². The highest BCUT2D eigenvalue weighted by Crippen LogP contribution is 2.25. The van der Waals surface area contributed by atoms with Gasteiger partial charge in [-0.3, -0.25) is 4.79 Å². The van der Waals surface area contributed by atoms with Crippen LogP contribution in [0.25, 0.3) is 5.57 Å². The molecule has 1 heterocycles. The molecule has 22 heavy (non-hydrogen) atoms. The van der Waals surface area contributed by atoms with E-state index >= 15 is 0 Å². The quantitative estimate of drug-likeness (QED) is 0.918. The van der Waals surface area contributed by atoms with E-state index in [0.29, 0.717) is 18.7 Å². The van der Waals surface area contributed by atoms with Gasteiger partial charge in [0.05, 0.1) is 5.56 Å². The summed E-state index contributed by atoms with van der Waals surface area (Å²) in [7, 11) is 0. The normalized spacial score (nSPS) is 14.6. The molecule has 1 N–H and O–H groups in total. The maximum Gasteiger partial charge on any atom is 0.257 e. The lowest BCUT2D eigenvalue weighted by Crippen LogP contribution is -2.34. The summed E-state index contributed by atoms with van der Waals surface area (Å²) in [4.78, 5) is 14.3. The van der Waals surface area contributed by atoms with Crippen molar-refractivity contribution in [2.75, 3.05) is 13.1 Å². The number of carbonyl (C=O) groups excluding carboxylic acids is 1. The molecule has 0 bridgehead atoms. The van der Waals surface area contributed by atoms with Gasteiger partial charge in [-0.2, -0.15) is 0 Å². The third-order valence-electron chi connectivity index (χ3n) is 4.02. The molecule has 0 aliphatic carbocycles. The van der Waals surface area contributed by atoms with Gasteiger partial charge in [0.1, 0.15) is 5.75 Å². The number of phenols is 1. The predicted molar refractivity (Wildman–Crippen MR) is 87.8 cm³/mol. The standard InChI is InChI=1S/C19H19NO2/c1-14-7-8-17(18(21)13-14)19(22)20-11-9-16(10-12-20)15-5-3-2-4-6-15/h2-9,13,21H,10-12H2,1H3. The molecule has 0 fully saturated rings. The first-order chi connectivity index (χ1) is 10.6. The number of aromatic hydroxyl groups is 1. The number of rotatable bonds is 2. The summed E-state index contributed by atoms with van der Waals surface area (Å²) in [5, 5.41) is 9.96. The average molecular weight is 293 g/mol. The van der Waals surface area contributed by atoms with Crippen LogP contribution in [0.15, 0.2) is 54.6 Å². The van der Waals surface area contributed by atoms with Crippen LogP contribution in [-0.4, -0.2) is 29.0 Å². The Morgan fingerprint density at radius 2 is 1.91 bits per heavy atom. The summed E-state index contributed by atoms with van der Waals surface area (Å²) in [6.07, 6.45) is 2.93. The summed E-state index contributed by atoms with van der Waals surface area (Å²) in [6.45, 7) is 3.15. The number of hydrogen-bond donors (Lipinski definition) is 1. The third-order valence-corrected chi connectivity index (χ3v) is 4.02. The molecule has 0 aromatic heterocycles. The van der Waals surface area contributed by atoms with Gasteiger partial charge in [0, 0.05) is 13.1 Å². The van der Waals surface area contributed by atoms with Crippen molar-refractivity contribution in [2.45, 2.75) is 13.3 Å². The van der Waals surface area contributed by atoms with Crippen molar-refractivity contribution in [1.29, 1.82) is 0 Å². The van der Waals surface area contributed by atoms with Crippen molar-refractivity contribution in [3.05, 3.63) is 71.3 Å². The number of phenolic OH excluding ortho intramolecular Hbond substituents is 1. The van der Waals surface area contributed by atoms with Gasteiger partial charge in [-0.1, -0.05) is 42.5 Å². The van der Waals surface area contributed by atoms with Gasteiger partial charge < -0.3 is 10.0 Å². The second-order valence-electron chi connectivity index (χ2n) is 5.62. The van der Waals surface area contributed by atoms with Crippen LogP contribution in [0.4, 0.5) is 0 Å². The third kappa shape index (κ3) is 2.89. The smallest absolute Gasteiger partial charge is 0.257 e. The molecule has 2 aromatic carbocycles. The number of hydrogen-bond acceptors (Lipinski definition) is 2. The minimum atomic E-state index is -0.110. The van der Waals surface area contributed by atoms with Crippen LogP contribution < -0.4 is 0 Å². The first-order valence-electron chi connectivity index (χ1n) is 7.48. The molecule has 3 heteroatoms. The van der Waals surface area contributed by atoms with Crippen LogP contribution in [0.2, 0.25) is 0 Å². The van der Waals surface area contributed by atoms with Gasteiger partial charge in [-0.15, -0.1) is 0 Å². The van der Waals surface area contributed by atoms with Crippen molar-refractivity contribution >= 4 is 11.5 Å². The molecule has 112 valence electrons. The monoisotopic (exact) mass is 293 g/mol. The molecule has 0 saturated heterocycles. The van der Waals surface area contributed by atoms with Crippen LogP contribution in [0.5, 0.6) is 5.75 Å². The zero-order valence-electron chi connectivity index (χ0n) is 12.6. The van der Waals surface area contributed by atoms with Gasteiger partial charge in [0.15, 0.2) is 0 Å². The van der Waals surface area contributed by atoms with Crippen LogP contribution in [0, 0.1) is 6.92 Å². The molecule has 3 nitrogen and oxygen atoms in total. The Hall–Kier alpha value is -2.55. The van der Waals surface area contributed by atoms with E-state index in [2.05, 4.69) is 18.2 Å². The highest BCUT2D eigenvalue weighted by molar-refractivity contribution is 5.97. The summed E-state index contributed by atoms with van der Waals surface area (Å²) in [5.74, 6) is -0.0521. The Bertz CT molecular complexity index is 719. The SMILES string of the molecule is Cc1ccc(C(=O)N2CC=C(c3ccccc3)CC2)c(O)c1. The minimum absolute atomic E-state index is 0.0582. The molecule has 0 atom stereocenters. The fourth-order valence-corrected chi connectivity index (χ4v) is 2.76. The Kier molecular flexibility index (Phi) is 3.96. The molecule has 1 aliphatic rings. The topological polar surface area (TPSA) is 40.5 Å². The maximum absolute atomic E-state index is 12.5. The van der Waals surface area contributed by atoms with Crippen molar-refractivity contribution in [3.63, 3.8) is 0 Å². The van der Waals surface area contributed by atoms with Crippen LogP contribution >= 0.6 is 0 Å². The van der Waals surface area contributed by atoms with Crippen molar-refractivity contribution in [1.82, 2.24) is 4.90 Å². The first kappa shape index (κ1) is 14.4. The lowest BCUT2D eigenvalue weighted by molar-refractivity contribution is 0.0770. The molecule has 0 radical (unpaired) electrons. The van der Waals surface area contributed by atoms with Gasteiger partial charge in [0.2, 0.25) is 0 Å². The van der Waals surface area contributed by atoms with E-state index in [9.17, 15) is 9.90 Å². The van der Waals surface area contributed by atoms with E-state index in [4.69, 9.17) is 0 Å². The Morgan fingerprint density at radius 3 is 2.55 bits per heavy atom. The molecule has 0 spiro atoms. The molecule has 1 aliphatic heterocycles. The van der Waals surface area contributed by atoms with Gasteiger partial charge in [0.25, 0.3) is 5.91 Å². The minimum Gasteiger partial charge on any atom is -0.507 e. The number of aryl methyl sites for hydroxylation is 1. The number of carbonyl (C=O) groups is 1. The number of benzene rings is 2.